The van der Waals surface area contributed by atoms with Crippen molar-refractivity contribution in [3.63, 3.8) is 0 Å². The second-order valence-corrected chi connectivity index (χ2v) is 6.77. The second kappa shape index (κ2) is 9.09. The summed E-state index contributed by atoms with van der Waals surface area (Å²) in [7, 11) is 0. The van der Waals surface area contributed by atoms with E-state index in [1.165, 1.54) is 0 Å². The lowest BCUT2D eigenvalue weighted by Crippen LogP contribution is -2.29. The smallest absolute Gasteiger partial charge is 0.303 e. The molecule has 0 saturated heterocycles. The average Bonchev–Trinajstić information content (AvgIpc) is 3.35. The van der Waals surface area contributed by atoms with E-state index >= 15 is 0 Å². The molecule has 27 heavy (non-hydrogen) atoms. The number of carbonyl (C=O) groups is 2. The van der Waals surface area contributed by atoms with E-state index in [-0.39, 0.29) is 24.8 Å². The summed E-state index contributed by atoms with van der Waals surface area (Å²) in [4.78, 5) is 27.5. The molecule has 0 aliphatic carbocycles. The number of aliphatic carboxylic acids is 1. The fourth-order valence-corrected chi connectivity index (χ4v) is 3.26. The van der Waals surface area contributed by atoms with Gasteiger partial charge in [-0.25, -0.2) is 0 Å². The van der Waals surface area contributed by atoms with Gasteiger partial charge in [-0.15, -0.1) is 0 Å². The Morgan fingerprint density at radius 3 is 2.70 bits per heavy atom. The summed E-state index contributed by atoms with van der Waals surface area (Å²) in [5.74, 6) is -0.176. The van der Waals surface area contributed by atoms with Gasteiger partial charge in [-0.3, -0.25) is 9.59 Å². The van der Waals surface area contributed by atoms with Crippen molar-refractivity contribution < 1.29 is 19.2 Å². The third kappa shape index (κ3) is 5.49. The molecule has 1 amide bonds. The number of benzene rings is 1. The van der Waals surface area contributed by atoms with Crippen molar-refractivity contribution >= 4 is 23.2 Å². The number of amides is 1. The van der Waals surface area contributed by atoms with Crippen molar-refractivity contribution in [2.24, 2.45) is 0 Å². The van der Waals surface area contributed by atoms with Crippen molar-refractivity contribution in [3.8, 4) is 11.4 Å². The third-order valence-corrected chi connectivity index (χ3v) is 4.68. The number of carboxylic acid groups (broad SMARTS) is 1. The molecule has 0 spiro atoms. The van der Waals surface area contributed by atoms with Crippen LogP contribution in [0.4, 0.5) is 0 Å². The van der Waals surface area contributed by atoms with Gasteiger partial charge in [0.05, 0.1) is 6.04 Å². The normalized spacial score (nSPS) is 11.9. The first-order valence-electron chi connectivity index (χ1n) is 8.53. The number of carboxylic acids is 1. The Bertz CT molecular complexity index is 878. The zero-order valence-corrected chi connectivity index (χ0v) is 15.3. The molecule has 0 aliphatic rings. The van der Waals surface area contributed by atoms with Crippen LogP contribution in [0, 0.1) is 0 Å². The minimum absolute atomic E-state index is 0.0203. The first-order chi connectivity index (χ1) is 13.1. The largest absolute Gasteiger partial charge is 0.481 e. The zero-order valence-electron chi connectivity index (χ0n) is 14.5. The molecule has 0 aliphatic heterocycles. The van der Waals surface area contributed by atoms with Gasteiger partial charge >= 0.3 is 5.97 Å². The van der Waals surface area contributed by atoms with Crippen LogP contribution in [-0.2, 0) is 16.0 Å². The van der Waals surface area contributed by atoms with Crippen molar-refractivity contribution in [2.75, 3.05) is 0 Å². The second-order valence-electron chi connectivity index (χ2n) is 5.99. The molecule has 0 bridgehead atoms. The van der Waals surface area contributed by atoms with Crippen LogP contribution in [-0.4, -0.2) is 27.1 Å². The number of aryl methyl sites for hydroxylation is 1. The summed E-state index contributed by atoms with van der Waals surface area (Å²) < 4.78 is 5.19. The van der Waals surface area contributed by atoms with Gasteiger partial charge in [0.15, 0.2) is 0 Å². The number of carbonyl (C=O) groups excluding carboxylic acids is 1. The first-order valence-corrected chi connectivity index (χ1v) is 9.47. The maximum atomic E-state index is 12.3. The average molecular weight is 385 g/mol. The fraction of sp³-hybridized carbons (Fsp3) is 0.263. The summed E-state index contributed by atoms with van der Waals surface area (Å²) >= 11 is 1.55. The molecule has 140 valence electrons. The molecule has 2 aromatic heterocycles. The highest BCUT2D eigenvalue weighted by Crippen LogP contribution is 2.20. The highest BCUT2D eigenvalue weighted by Gasteiger charge is 2.17. The van der Waals surface area contributed by atoms with E-state index in [9.17, 15) is 9.59 Å². The molecule has 1 unspecified atom stereocenters. The van der Waals surface area contributed by atoms with Crippen molar-refractivity contribution in [1.29, 1.82) is 0 Å². The summed E-state index contributed by atoms with van der Waals surface area (Å²) in [6, 6.07) is 10.9. The Morgan fingerprint density at radius 1 is 1.19 bits per heavy atom. The van der Waals surface area contributed by atoms with Crippen LogP contribution >= 0.6 is 11.3 Å². The standard InChI is InChI=1S/C19H19N3O4S/c23-16(7-8-17-21-19(22-26-17)14-10-11-27-12-14)20-15(6-9-18(24)25)13-4-2-1-3-5-13/h1-5,10-12,15H,6-9H2,(H,20,23)(H,24,25). The van der Waals surface area contributed by atoms with Crippen LogP contribution in [0.3, 0.4) is 0 Å². The van der Waals surface area contributed by atoms with Crippen molar-refractivity contribution in [1.82, 2.24) is 15.5 Å². The number of hydrogen-bond donors (Lipinski definition) is 2. The Hall–Kier alpha value is -3.00. The van der Waals surface area contributed by atoms with Crippen LogP contribution in [0.5, 0.6) is 0 Å². The number of hydrogen-bond acceptors (Lipinski definition) is 6. The van der Waals surface area contributed by atoms with E-state index in [1.54, 1.807) is 11.3 Å². The molecule has 0 saturated carbocycles. The molecule has 7 nitrogen and oxygen atoms in total. The van der Waals surface area contributed by atoms with E-state index in [0.29, 0.717) is 24.6 Å². The molecule has 2 heterocycles. The molecular weight excluding hydrogens is 366 g/mol. The van der Waals surface area contributed by atoms with Gasteiger partial charge in [0.2, 0.25) is 17.6 Å². The molecule has 0 radical (unpaired) electrons. The molecular formula is C19H19N3O4S. The monoisotopic (exact) mass is 385 g/mol. The predicted molar refractivity (Wildman–Crippen MR) is 100 cm³/mol. The highest BCUT2D eigenvalue weighted by molar-refractivity contribution is 7.08. The molecule has 2 N–H and O–H groups in total. The minimum atomic E-state index is -0.892. The van der Waals surface area contributed by atoms with Gasteiger partial charge in [-0.1, -0.05) is 35.5 Å². The third-order valence-electron chi connectivity index (χ3n) is 4.00. The first kappa shape index (κ1) is 18.8. The Balaban J connectivity index is 1.56. The van der Waals surface area contributed by atoms with Gasteiger partial charge in [0.1, 0.15) is 0 Å². The molecule has 3 aromatic rings. The molecule has 3 rings (SSSR count). The summed E-state index contributed by atoms with van der Waals surface area (Å²) in [6.45, 7) is 0. The van der Waals surface area contributed by atoms with Crippen molar-refractivity contribution in [3.05, 3.63) is 58.6 Å². The summed E-state index contributed by atoms with van der Waals surface area (Å²) in [6.07, 6.45) is 0.812. The van der Waals surface area contributed by atoms with Gasteiger partial charge in [0.25, 0.3) is 0 Å². The SMILES string of the molecule is O=C(O)CCC(NC(=O)CCc1nc(-c2ccsc2)no1)c1ccccc1. The number of rotatable bonds is 9. The summed E-state index contributed by atoms with van der Waals surface area (Å²) in [5, 5.41) is 19.6. The van der Waals surface area contributed by atoms with E-state index in [1.807, 2.05) is 47.2 Å². The van der Waals surface area contributed by atoms with Gasteiger partial charge in [-0.2, -0.15) is 16.3 Å². The predicted octanol–water partition coefficient (Wildman–Crippen LogP) is 3.45. The lowest BCUT2D eigenvalue weighted by atomic mass is 10.0. The minimum Gasteiger partial charge on any atom is -0.481 e. The van der Waals surface area contributed by atoms with E-state index in [4.69, 9.17) is 9.63 Å². The zero-order chi connectivity index (χ0) is 19.1. The van der Waals surface area contributed by atoms with Gasteiger partial charge < -0.3 is 14.9 Å². The van der Waals surface area contributed by atoms with Crippen LogP contribution < -0.4 is 5.32 Å². The van der Waals surface area contributed by atoms with E-state index in [0.717, 1.165) is 11.1 Å². The lowest BCUT2D eigenvalue weighted by Gasteiger charge is -2.18. The molecule has 8 heteroatoms. The molecule has 1 atom stereocenters. The molecule has 1 aromatic carbocycles. The number of nitrogens with zero attached hydrogens (tertiary/aromatic N) is 2. The summed E-state index contributed by atoms with van der Waals surface area (Å²) in [5.41, 5.74) is 1.77. The van der Waals surface area contributed by atoms with Crippen LogP contribution in [0.2, 0.25) is 0 Å². The lowest BCUT2D eigenvalue weighted by molar-refractivity contribution is -0.137. The fourth-order valence-electron chi connectivity index (χ4n) is 2.63. The quantitative estimate of drug-likeness (QED) is 0.584. The van der Waals surface area contributed by atoms with Crippen LogP contribution in [0.25, 0.3) is 11.4 Å². The topological polar surface area (TPSA) is 105 Å². The van der Waals surface area contributed by atoms with Crippen LogP contribution in [0.1, 0.15) is 36.8 Å². The Kier molecular flexibility index (Phi) is 6.32. The van der Waals surface area contributed by atoms with E-state index in [2.05, 4.69) is 15.5 Å². The number of aromatic nitrogens is 2. The van der Waals surface area contributed by atoms with E-state index < -0.39 is 5.97 Å². The van der Waals surface area contributed by atoms with Gasteiger partial charge in [-0.05, 0) is 23.4 Å². The van der Waals surface area contributed by atoms with Crippen molar-refractivity contribution in [2.45, 2.75) is 31.7 Å². The maximum absolute atomic E-state index is 12.3. The highest BCUT2D eigenvalue weighted by atomic mass is 32.1. The Morgan fingerprint density at radius 2 is 2.00 bits per heavy atom. The Labute approximate surface area is 160 Å². The van der Waals surface area contributed by atoms with Crippen LogP contribution in [0.15, 0.2) is 51.7 Å². The number of thiophene rings is 1. The molecule has 0 fully saturated rings. The maximum Gasteiger partial charge on any atom is 0.303 e. The van der Waals surface area contributed by atoms with Gasteiger partial charge in [0, 0.05) is 30.2 Å². The number of nitrogens with one attached hydrogen (secondary N) is 1.